The summed E-state index contributed by atoms with van der Waals surface area (Å²) in [7, 11) is 2.05. The fourth-order valence-electron chi connectivity index (χ4n) is 3.30. The van der Waals surface area contributed by atoms with Gasteiger partial charge in [-0.25, -0.2) is 0 Å². The largest absolute Gasteiger partial charge is 0.339 e. The van der Waals surface area contributed by atoms with Crippen LogP contribution in [0.3, 0.4) is 0 Å². The Balaban J connectivity index is 1.62. The number of likely N-dealkylation sites (N-methyl/N-ethyl adjacent to an activating group) is 2. The van der Waals surface area contributed by atoms with Crippen molar-refractivity contribution in [3.63, 3.8) is 0 Å². The lowest BCUT2D eigenvalue weighted by atomic mass is 10.1. The minimum absolute atomic E-state index is 0.0863. The van der Waals surface area contributed by atoms with Crippen molar-refractivity contribution >= 4 is 27.3 Å². The van der Waals surface area contributed by atoms with Gasteiger partial charge in [0, 0.05) is 37.4 Å². The number of carbonyl (C=O) groups excluding carboxylic acids is 1. The van der Waals surface area contributed by atoms with E-state index in [0.29, 0.717) is 0 Å². The molecule has 3 rings (SSSR count). The molecule has 0 aliphatic carbocycles. The molecule has 2 heterocycles. The Labute approximate surface area is 148 Å². The Kier molecular flexibility index (Phi) is 5.54. The summed E-state index contributed by atoms with van der Waals surface area (Å²) in [6, 6.07) is 8.41. The molecule has 0 bridgehead atoms. The van der Waals surface area contributed by atoms with E-state index in [1.54, 1.807) is 11.3 Å². The maximum absolute atomic E-state index is 12.8. The fourth-order valence-corrected chi connectivity index (χ4v) is 4.25. The number of fused-ring (bicyclic) bond motifs is 1. The van der Waals surface area contributed by atoms with Gasteiger partial charge >= 0.3 is 0 Å². The van der Waals surface area contributed by atoms with Crippen molar-refractivity contribution in [1.29, 1.82) is 0 Å². The van der Waals surface area contributed by atoms with Crippen LogP contribution in [-0.2, 0) is 11.3 Å². The Bertz CT molecular complexity index is 691. The first-order chi connectivity index (χ1) is 11.6. The third kappa shape index (κ3) is 3.63. The molecule has 4 nitrogen and oxygen atoms in total. The summed E-state index contributed by atoms with van der Waals surface area (Å²) in [5.74, 6) is 0.257. The fraction of sp³-hybridized carbons (Fsp3) is 0.526. The summed E-state index contributed by atoms with van der Waals surface area (Å²) in [6.45, 7) is 9.79. The first-order valence-corrected chi connectivity index (χ1v) is 9.64. The normalized spacial score (nSPS) is 17.6. The van der Waals surface area contributed by atoms with Crippen LogP contribution in [0.4, 0.5) is 0 Å². The van der Waals surface area contributed by atoms with E-state index >= 15 is 0 Å². The molecule has 24 heavy (non-hydrogen) atoms. The van der Waals surface area contributed by atoms with Crippen LogP contribution in [0.5, 0.6) is 0 Å². The SMILES string of the molecule is CCN1CCN(C(=O)[C@H](C)N(C)Cc2csc3ccccc23)CC1. The number of hydrogen-bond acceptors (Lipinski definition) is 4. The van der Waals surface area contributed by atoms with Crippen LogP contribution in [0.1, 0.15) is 19.4 Å². The number of amides is 1. The molecular formula is C19H27N3OS. The van der Waals surface area contributed by atoms with E-state index < -0.39 is 0 Å². The molecule has 1 amide bonds. The summed E-state index contributed by atoms with van der Waals surface area (Å²) < 4.78 is 1.32. The zero-order valence-corrected chi connectivity index (χ0v) is 15.7. The van der Waals surface area contributed by atoms with Crippen LogP contribution in [0.15, 0.2) is 29.6 Å². The van der Waals surface area contributed by atoms with E-state index in [4.69, 9.17) is 0 Å². The predicted molar refractivity (Wildman–Crippen MR) is 101 cm³/mol. The van der Waals surface area contributed by atoms with Crippen LogP contribution in [0.25, 0.3) is 10.1 Å². The van der Waals surface area contributed by atoms with Crippen molar-refractivity contribution < 1.29 is 4.79 Å². The standard InChI is InChI=1S/C19H27N3OS/c1-4-21-9-11-22(12-10-21)19(23)15(2)20(3)13-16-14-24-18-8-6-5-7-17(16)18/h5-8,14-15H,4,9-13H2,1-3H3/t15-/m0/s1. The second-order valence-electron chi connectivity index (χ2n) is 6.61. The van der Waals surface area contributed by atoms with Gasteiger partial charge in [0.1, 0.15) is 0 Å². The Hall–Kier alpha value is -1.43. The first-order valence-electron chi connectivity index (χ1n) is 8.76. The Morgan fingerprint density at radius 3 is 2.67 bits per heavy atom. The minimum Gasteiger partial charge on any atom is -0.339 e. The van der Waals surface area contributed by atoms with Crippen LogP contribution >= 0.6 is 11.3 Å². The van der Waals surface area contributed by atoms with Gasteiger partial charge in [0.2, 0.25) is 5.91 Å². The number of benzene rings is 1. The molecule has 0 N–H and O–H groups in total. The number of carbonyl (C=O) groups is 1. The maximum Gasteiger partial charge on any atom is 0.239 e. The highest BCUT2D eigenvalue weighted by Gasteiger charge is 2.27. The second-order valence-corrected chi connectivity index (χ2v) is 7.52. The molecule has 5 heteroatoms. The van der Waals surface area contributed by atoms with Crippen LogP contribution in [-0.4, -0.2) is 66.4 Å². The minimum atomic E-state index is -0.0863. The zero-order chi connectivity index (χ0) is 17.1. The molecular weight excluding hydrogens is 318 g/mol. The van der Waals surface area contributed by atoms with Gasteiger partial charge in [-0.1, -0.05) is 25.1 Å². The highest BCUT2D eigenvalue weighted by Crippen LogP contribution is 2.26. The number of rotatable bonds is 5. The third-order valence-corrected chi connectivity index (χ3v) is 6.14. The topological polar surface area (TPSA) is 26.8 Å². The second kappa shape index (κ2) is 7.64. The Morgan fingerprint density at radius 1 is 1.25 bits per heavy atom. The van der Waals surface area contributed by atoms with Crippen molar-refractivity contribution in [2.45, 2.75) is 26.4 Å². The average Bonchev–Trinajstić information content (AvgIpc) is 3.03. The van der Waals surface area contributed by atoms with Gasteiger partial charge in [0.25, 0.3) is 0 Å². The van der Waals surface area contributed by atoms with Crippen molar-refractivity contribution in [2.24, 2.45) is 0 Å². The maximum atomic E-state index is 12.8. The Morgan fingerprint density at radius 2 is 1.96 bits per heavy atom. The molecule has 1 atom stereocenters. The lowest BCUT2D eigenvalue weighted by molar-refractivity contribution is -0.137. The quantitative estimate of drug-likeness (QED) is 0.834. The van der Waals surface area contributed by atoms with E-state index in [2.05, 4.69) is 53.4 Å². The number of hydrogen-bond donors (Lipinski definition) is 0. The molecule has 0 unspecified atom stereocenters. The molecule has 1 saturated heterocycles. The predicted octanol–water partition coefficient (Wildman–Crippen LogP) is 2.89. The molecule has 2 aromatic rings. The van der Waals surface area contributed by atoms with E-state index in [1.165, 1.54) is 15.6 Å². The van der Waals surface area contributed by atoms with Crippen molar-refractivity contribution in [2.75, 3.05) is 39.8 Å². The van der Waals surface area contributed by atoms with Gasteiger partial charge < -0.3 is 9.80 Å². The summed E-state index contributed by atoms with van der Waals surface area (Å²) in [5, 5.41) is 3.53. The highest BCUT2D eigenvalue weighted by molar-refractivity contribution is 7.17. The lowest BCUT2D eigenvalue weighted by Crippen LogP contribution is -2.53. The molecule has 0 saturated carbocycles. The molecule has 1 aliphatic heterocycles. The molecule has 1 aliphatic rings. The molecule has 0 radical (unpaired) electrons. The van der Waals surface area contributed by atoms with Gasteiger partial charge in [-0.2, -0.15) is 0 Å². The van der Waals surface area contributed by atoms with E-state index in [9.17, 15) is 4.79 Å². The van der Waals surface area contributed by atoms with E-state index in [0.717, 1.165) is 39.3 Å². The summed E-state index contributed by atoms with van der Waals surface area (Å²) >= 11 is 1.78. The van der Waals surface area contributed by atoms with Gasteiger partial charge in [0.15, 0.2) is 0 Å². The zero-order valence-electron chi connectivity index (χ0n) is 14.9. The number of nitrogens with zero attached hydrogens (tertiary/aromatic N) is 3. The summed E-state index contributed by atoms with van der Waals surface area (Å²) in [6.07, 6.45) is 0. The van der Waals surface area contributed by atoms with Crippen LogP contribution < -0.4 is 0 Å². The molecule has 1 aromatic carbocycles. The molecule has 0 spiro atoms. The van der Waals surface area contributed by atoms with E-state index in [1.807, 2.05) is 11.8 Å². The van der Waals surface area contributed by atoms with Crippen molar-refractivity contribution in [3.8, 4) is 0 Å². The van der Waals surface area contributed by atoms with Crippen molar-refractivity contribution in [1.82, 2.24) is 14.7 Å². The van der Waals surface area contributed by atoms with Crippen LogP contribution in [0, 0.1) is 0 Å². The summed E-state index contributed by atoms with van der Waals surface area (Å²) in [5.41, 5.74) is 1.31. The average molecular weight is 346 g/mol. The van der Waals surface area contributed by atoms with Gasteiger partial charge in [0.05, 0.1) is 6.04 Å². The summed E-state index contributed by atoms with van der Waals surface area (Å²) in [4.78, 5) is 19.4. The third-order valence-electron chi connectivity index (χ3n) is 5.13. The lowest BCUT2D eigenvalue weighted by Gasteiger charge is -2.37. The van der Waals surface area contributed by atoms with E-state index in [-0.39, 0.29) is 11.9 Å². The smallest absolute Gasteiger partial charge is 0.239 e. The highest BCUT2D eigenvalue weighted by atomic mass is 32.1. The first kappa shape index (κ1) is 17.4. The van der Waals surface area contributed by atoms with Gasteiger partial charge in [-0.3, -0.25) is 9.69 Å². The van der Waals surface area contributed by atoms with Gasteiger partial charge in [-0.15, -0.1) is 11.3 Å². The number of thiophene rings is 1. The molecule has 1 aromatic heterocycles. The van der Waals surface area contributed by atoms with Crippen LogP contribution in [0.2, 0.25) is 0 Å². The monoisotopic (exact) mass is 345 g/mol. The van der Waals surface area contributed by atoms with Gasteiger partial charge in [-0.05, 0) is 42.9 Å². The number of piperazine rings is 1. The van der Waals surface area contributed by atoms with Crippen molar-refractivity contribution in [3.05, 3.63) is 35.2 Å². The molecule has 130 valence electrons. The molecule has 1 fully saturated rings.